The van der Waals surface area contributed by atoms with E-state index in [-0.39, 0.29) is 16.2 Å². The summed E-state index contributed by atoms with van der Waals surface area (Å²) >= 11 is 1.67. The predicted octanol–water partition coefficient (Wildman–Crippen LogP) is 3.10. The van der Waals surface area contributed by atoms with Gasteiger partial charge in [-0.2, -0.15) is 0 Å². The Balaban J connectivity index is 1.81. The van der Waals surface area contributed by atoms with Gasteiger partial charge in [0, 0.05) is 0 Å². The van der Waals surface area contributed by atoms with Crippen molar-refractivity contribution in [2.24, 2.45) is 10.9 Å². The molecule has 0 aromatic rings. The Bertz CT molecular complexity index is 393. The summed E-state index contributed by atoms with van der Waals surface area (Å²) in [7, 11) is 0. The number of hydrogen-bond acceptors (Lipinski definition) is 3. The summed E-state index contributed by atoms with van der Waals surface area (Å²) in [6.45, 7) is 4.19. The van der Waals surface area contributed by atoms with Gasteiger partial charge in [0.25, 0.3) is 0 Å². The first-order valence-corrected chi connectivity index (χ1v) is 8.03. The van der Waals surface area contributed by atoms with Gasteiger partial charge in [-0.25, -0.2) is 0 Å². The number of nitrogens with zero attached hydrogens (tertiary/aromatic N) is 1. The fourth-order valence-electron chi connectivity index (χ4n) is 3.77. The molecule has 2 aliphatic carbocycles. The van der Waals surface area contributed by atoms with Crippen LogP contribution < -0.4 is 5.32 Å². The van der Waals surface area contributed by atoms with Gasteiger partial charge in [0.15, 0.2) is 5.17 Å². The van der Waals surface area contributed by atoms with Gasteiger partial charge in [0.2, 0.25) is 5.91 Å². The van der Waals surface area contributed by atoms with E-state index in [1.54, 1.807) is 11.8 Å². The largest absolute Gasteiger partial charge is 0.304 e. The Morgan fingerprint density at radius 1 is 1.33 bits per heavy atom. The van der Waals surface area contributed by atoms with Gasteiger partial charge in [0.1, 0.15) is 4.75 Å². The summed E-state index contributed by atoms with van der Waals surface area (Å²) in [6, 6.07) is 0. The highest BCUT2D eigenvalue weighted by Crippen LogP contribution is 2.51. The van der Waals surface area contributed by atoms with Crippen LogP contribution in [0.5, 0.6) is 0 Å². The third-order valence-corrected chi connectivity index (χ3v) is 6.65. The third-order valence-electron chi connectivity index (χ3n) is 5.11. The lowest BCUT2D eigenvalue weighted by atomic mass is 9.95. The topological polar surface area (TPSA) is 41.5 Å². The van der Waals surface area contributed by atoms with E-state index in [1.165, 1.54) is 32.1 Å². The lowest BCUT2D eigenvalue weighted by Crippen LogP contribution is -2.35. The molecule has 2 bridgehead atoms. The number of amides is 1. The summed E-state index contributed by atoms with van der Waals surface area (Å²) in [6.07, 6.45) is 8.14. The number of amidine groups is 1. The van der Waals surface area contributed by atoms with Gasteiger partial charge in [-0.15, -0.1) is 0 Å². The molecule has 0 radical (unpaired) electrons. The van der Waals surface area contributed by atoms with Gasteiger partial charge in [0.05, 0.1) is 5.54 Å². The van der Waals surface area contributed by atoms with E-state index in [9.17, 15) is 4.79 Å². The summed E-state index contributed by atoms with van der Waals surface area (Å²) < 4.78 is -0.258. The molecule has 4 heteroatoms. The maximum absolute atomic E-state index is 12.1. The molecule has 3 rings (SSSR count). The van der Waals surface area contributed by atoms with Crippen LogP contribution in [0.3, 0.4) is 0 Å². The van der Waals surface area contributed by atoms with Crippen molar-refractivity contribution in [3.05, 3.63) is 0 Å². The Morgan fingerprint density at radius 2 is 2.00 bits per heavy atom. The van der Waals surface area contributed by atoms with Gasteiger partial charge in [-0.05, 0) is 50.9 Å². The minimum absolute atomic E-state index is 0.167. The normalized spacial score (nSPS) is 39.6. The Hall–Kier alpha value is -0.510. The van der Waals surface area contributed by atoms with Crippen LogP contribution in [0.2, 0.25) is 0 Å². The minimum atomic E-state index is -0.258. The average Bonchev–Trinajstić information content (AvgIpc) is 3.03. The van der Waals surface area contributed by atoms with Crippen molar-refractivity contribution in [2.45, 2.75) is 69.1 Å². The summed E-state index contributed by atoms with van der Waals surface area (Å²) in [5, 5.41) is 3.92. The average molecular weight is 266 g/mol. The monoisotopic (exact) mass is 266 g/mol. The van der Waals surface area contributed by atoms with E-state index in [1.807, 2.05) is 0 Å². The first-order chi connectivity index (χ1) is 8.61. The zero-order valence-corrected chi connectivity index (χ0v) is 12.1. The first-order valence-electron chi connectivity index (χ1n) is 7.22. The molecule has 1 heterocycles. The lowest BCUT2D eigenvalue weighted by Gasteiger charge is -2.22. The molecule has 1 N–H and O–H groups in total. The zero-order valence-electron chi connectivity index (χ0n) is 11.3. The fourth-order valence-corrected chi connectivity index (χ4v) is 4.95. The van der Waals surface area contributed by atoms with Crippen molar-refractivity contribution < 1.29 is 4.79 Å². The van der Waals surface area contributed by atoms with E-state index in [4.69, 9.17) is 4.99 Å². The Labute approximate surface area is 113 Å². The highest BCUT2D eigenvalue weighted by Gasteiger charge is 2.48. The van der Waals surface area contributed by atoms with Gasteiger partial charge in [-0.3, -0.25) is 9.79 Å². The van der Waals surface area contributed by atoms with Crippen LogP contribution in [0.15, 0.2) is 4.99 Å². The quantitative estimate of drug-likeness (QED) is 0.853. The van der Waals surface area contributed by atoms with Crippen LogP contribution in [0.25, 0.3) is 0 Å². The summed E-state index contributed by atoms with van der Waals surface area (Å²) in [4.78, 5) is 17.1. The molecule has 3 fully saturated rings. The van der Waals surface area contributed by atoms with Gasteiger partial charge >= 0.3 is 0 Å². The molecule has 0 unspecified atom stereocenters. The molecule has 18 heavy (non-hydrogen) atoms. The molecule has 0 aromatic heterocycles. The van der Waals surface area contributed by atoms with Crippen LogP contribution in [-0.2, 0) is 4.79 Å². The van der Waals surface area contributed by atoms with Gasteiger partial charge in [-0.1, -0.05) is 25.6 Å². The standard InChI is InChI=1S/C14H22N2OS/c1-3-14(4-2)11(17)15-12(18-14)16-13-7-5-10(9-13)6-8-13/h10H,3-9H2,1-2H3,(H,15,16,17). The highest BCUT2D eigenvalue weighted by molar-refractivity contribution is 8.16. The maximum atomic E-state index is 12.1. The predicted molar refractivity (Wildman–Crippen MR) is 75.8 cm³/mol. The number of aliphatic imine (C=N–C) groups is 1. The molecule has 0 atom stereocenters. The number of carbonyl (C=O) groups excluding carboxylic acids is 1. The van der Waals surface area contributed by atoms with E-state index in [0.717, 1.165) is 23.9 Å². The molecule has 0 aromatic carbocycles. The number of hydrogen-bond donors (Lipinski definition) is 1. The van der Waals surface area contributed by atoms with Crippen LogP contribution in [0.4, 0.5) is 0 Å². The van der Waals surface area contributed by atoms with Gasteiger partial charge < -0.3 is 5.32 Å². The molecular weight excluding hydrogens is 244 g/mol. The second-order valence-corrected chi connectivity index (χ2v) is 7.42. The van der Waals surface area contributed by atoms with Crippen LogP contribution in [0.1, 0.15) is 58.8 Å². The lowest BCUT2D eigenvalue weighted by molar-refractivity contribution is -0.121. The van der Waals surface area contributed by atoms with Crippen molar-refractivity contribution in [3.63, 3.8) is 0 Å². The van der Waals surface area contributed by atoms with Crippen molar-refractivity contribution >= 4 is 22.8 Å². The number of nitrogens with one attached hydrogen (secondary N) is 1. The Kier molecular flexibility index (Phi) is 2.96. The molecule has 1 aliphatic heterocycles. The molecule has 1 amide bonds. The summed E-state index contributed by atoms with van der Waals surface area (Å²) in [5.41, 5.74) is 0.178. The summed E-state index contributed by atoms with van der Waals surface area (Å²) in [5.74, 6) is 1.07. The molecular formula is C14H22N2OS. The van der Waals surface area contributed by atoms with E-state index < -0.39 is 0 Å². The smallest absolute Gasteiger partial charge is 0.242 e. The zero-order chi connectivity index (χ0) is 12.8. The second-order valence-electron chi connectivity index (χ2n) is 6.05. The number of rotatable bonds is 3. The molecule has 100 valence electrons. The number of carbonyl (C=O) groups is 1. The molecule has 1 saturated heterocycles. The second kappa shape index (κ2) is 4.26. The van der Waals surface area contributed by atoms with Crippen molar-refractivity contribution in [1.29, 1.82) is 0 Å². The van der Waals surface area contributed by atoms with Crippen LogP contribution in [0, 0.1) is 5.92 Å². The first kappa shape index (κ1) is 12.5. The Morgan fingerprint density at radius 3 is 2.44 bits per heavy atom. The third kappa shape index (κ3) is 1.80. The SMILES string of the molecule is CCC1(CC)SC(=NC23CCC(CC2)C3)NC1=O. The molecule has 3 nitrogen and oxygen atoms in total. The maximum Gasteiger partial charge on any atom is 0.242 e. The fraction of sp³-hybridized carbons (Fsp3) is 0.857. The minimum Gasteiger partial charge on any atom is -0.304 e. The van der Waals surface area contributed by atoms with Crippen molar-refractivity contribution in [1.82, 2.24) is 5.32 Å². The molecule has 2 saturated carbocycles. The van der Waals surface area contributed by atoms with E-state index >= 15 is 0 Å². The molecule has 0 spiro atoms. The van der Waals surface area contributed by atoms with E-state index in [2.05, 4.69) is 19.2 Å². The van der Waals surface area contributed by atoms with E-state index in [0.29, 0.717) is 0 Å². The number of thioether (sulfide) groups is 1. The van der Waals surface area contributed by atoms with Crippen molar-refractivity contribution in [2.75, 3.05) is 0 Å². The number of fused-ring (bicyclic) bond motifs is 2. The highest BCUT2D eigenvalue weighted by atomic mass is 32.2. The molecule has 3 aliphatic rings. The van der Waals surface area contributed by atoms with Crippen molar-refractivity contribution in [3.8, 4) is 0 Å². The van der Waals surface area contributed by atoms with Crippen LogP contribution >= 0.6 is 11.8 Å². The van der Waals surface area contributed by atoms with Crippen LogP contribution in [-0.4, -0.2) is 21.4 Å².